The molecule has 1 atom stereocenters. The maximum Gasteiger partial charge on any atom is 0.407 e. The van der Waals surface area contributed by atoms with Gasteiger partial charge in [-0.3, -0.25) is 4.99 Å². The monoisotopic (exact) mass is 710 g/mol. The lowest BCUT2D eigenvalue weighted by atomic mass is 9.98. The highest BCUT2D eigenvalue weighted by Gasteiger charge is 2.30. The van der Waals surface area contributed by atoms with Gasteiger partial charge in [0.25, 0.3) is 10.0 Å². The summed E-state index contributed by atoms with van der Waals surface area (Å²) in [6.07, 6.45) is 0.146. The van der Waals surface area contributed by atoms with Crippen LogP contribution in [0.1, 0.15) is 74.3 Å². The van der Waals surface area contributed by atoms with E-state index in [4.69, 9.17) is 19.9 Å². The first-order valence-corrected chi connectivity index (χ1v) is 18.0. The Morgan fingerprint density at radius 2 is 1.50 bits per heavy atom. The van der Waals surface area contributed by atoms with Crippen molar-refractivity contribution >= 4 is 28.0 Å². The zero-order chi connectivity index (χ0) is 37.2. The van der Waals surface area contributed by atoms with Gasteiger partial charge in [-0.1, -0.05) is 48.5 Å². The molecule has 13 heteroatoms. The number of benzene rings is 3. The number of aliphatic carboxylic acids is 1. The van der Waals surface area contributed by atoms with Crippen LogP contribution in [0, 0.1) is 20.8 Å². The Bertz CT molecular complexity index is 1740. The fraction of sp³-hybridized carbons (Fsp3) is 0.432. The number of hydrogen-bond donors (Lipinski definition) is 4. The van der Waals surface area contributed by atoms with Crippen LogP contribution in [0.15, 0.2) is 64.5 Å². The van der Waals surface area contributed by atoms with Gasteiger partial charge in [0.1, 0.15) is 18.4 Å². The van der Waals surface area contributed by atoms with Crippen molar-refractivity contribution in [1.29, 1.82) is 0 Å². The average Bonchev–Trinajstić information content (AvgIpc) is 3.36. The highest BCUT2D eigenvalue weighted by atomic mass is 32.2. The van der Waals surface area contributed by atoms with E-state index in [1.165, 1.54) is 7.11 Å². The molecule has 0 fully saturated rings. The molecular formula is C37H50N4O8S. The number of carbonyl (C=O) groups excluding carboxylic acids is 1. The second-order valence-electron chi connectivity index (χ2n) is 12.6. The molecule has 0 saturated carbocycles. The first kappa shape index (κ1) is 39.8. The fourth-order valence-electron chi connectivity index (χ4n) is 5.95. The van der Waals surface area contributed by atoms with Crippen LogP contribution >= 0.6 is 0 Å². The molecule has 272 valence electrons. The molecule has 1 amide bonds. The number of guanidine groups is 1. The molecule has 0 aromatic heterocycles. The van der Waals surface area contributed by atoms with E-state index in [0.29, 0.717) is 34.6 Å². The van der Waals surface area contributed by atoms with Crippen molar-refractivity contribution in [1.82, 2.24) is 10.0 Å². The van der Waals surface area contributed by atoms with Gasteiger partial charge in [-0.25, -0.2) is 22.7 Å². The van der Waals surface area contributed by atoms with Crippen molar-refractivity contribution in [3.8, 4) is 16.9 Å². The summed E-state index contributed by atoms with van der Waals surface area (Å²) in [6, 6.07) is 16.2. The van der Waals surface area contributed by atoms with E-state index in [1.807, 2.05) is 76.2 Å². The molecule has 1 aliphatic rings. The molecule has 50 heavy (non-hydrogen) atoms. The van der Waals surface area contributed by atoms with Gasteiger partial charge >= 0.3 is 12.1 Å². The van der Waals surface area contributed by atoms with Crippen molar-refractivity contribution in [2.45, 2.75) is 90.4 Å². The number of carboxylic acids is 1. The van der Waals surface area contributed by atoms with Crippen LogP contribution in [-0.4, -0.2) is 70.1 Å². The van der Waals surface area contributed by atoms with Crippen molar-refractivity contribution in [3.05, 3.63) is 82.4 Å². The van der Waals surface area contributed by atoms with Crippen LogP contribution in [0.4, 0.5) is 4.79 Å². The number of carbonyl (C=O) groups is 2. The molecule has 0 bridgehead atoms. The van der Waals surface area contributed by atoms with E-state index in [0.717, 1.165) is 22.3 Å². The number of aryl methyl sites for hydroxylation is 1. The Balaban J connectivity index is 0.000000872. The van der Waals surface area contributed by atoms with Gasteiger partial charge in [0.05, 0.1) is 24.2 Å². The minimum atomic E-state index is -4.03. The summed E-state index contributed by atoms with van der Waals surface area (Å²) in [5, 5.41) is 12.0. The fourth-order valence-corrected chi connectivity index (χ4v) is 7.43. The van der Waals surface area contributed by atoms with Crippen molar-refractivity contribution in [3.63, 3.8) is 0 Å². The highest BCUT2D eigenvalue weighted by molar-refractivity contribution is 7.90. The van der Waals surface area contributed by atoms with Crippen LogP contribution in [0.25, 0.3) is 11.1 Å². The number of hydrogen-bond acceptors (Lipinski definition) is 8. The lowest BCUT2D eigenvalue weighted by molar-refractivity contribution is -0.139. The summed E-state index contributed by atoms with van der Waals surface area (Å²) >= 11 is 0. The molecule has 3 aromatic rings. The third-order valence-corrected chi connectivity index (χ3v) is 9.76. The summed E-state index contributed by atoms with van der Waals surface area (Å²) in [6.45, 7) is 13.4. The van der Waals surface area contributed by atoms with Gasteiger partial charge in [-0.05, 0) is 106 Å². The first-order valence-electron chi connectivity index (χ1n) is 16.5. The summed E-state index contributed by atoms with van der Waals surface area (Å²) in [5.41, 5.74) is 11.8. The molecule has 5 N–H and O–H groups in total. The number of rotatable bonds is 13. The topological polar surface area (TPSA) is 179 Å². The van der Waals surface area contributed by atoms with E-state index in [1.54, 1.807) is 26.8 Å². The maximum absolute atomic E-state index is 13.0. The number of fused-ring (bicyclic) bond motifs is 3. The van der Waals surface area contributed by atoms with E-state index in [9.17, 15) is 23.1 Å². The molecule has 4 rings (SSSR count). The average molecular weight is 711 g/mol. The van der Waals surface area contributed by atoms with E-state index in [-0.39, 0.29) is 42.8 Å². The molecule has 0 radical (unpaired) electrons. The smallest absolute Gasteiger partial charge is 0.407 e. The van der Waals surface area contributed by atoms with Gasteiger partial charge in [-0.15, -0.1) is 0 Å². The van der Waals surface area contributed by atoms with Crippen LogP contribution in [0.2, 0.25) is 0 Å². The van der Waals surface area contributed by atoms with Crippen LogP contribution < -0.4 is 20.5 Å². The minimum absolute atomic E-state index is 0.0267. The summed E-state index contributed by atoms with van der Waals surface area (Å²) in [5.74, 6) is -1.14. The largest absolute Gasteiger partial charge is 0.496 e. The van der Waals surface area contributed by atoms with E-state index < -0.39 is 28.1 Å². The predicted molar refractivity (Wildman–Crippen MR) is 194 cm³/mol. The first-order chi connectivity index (χ1) is 23.6. The molecule has 3 aromatic carbocycles. The van der Waals surface area contributed by atoms with Gasteiger partial charge in [0, 0.05) is 12.5 Å². The minimum Gasteiger partial charge on any atom is -0.496 e. The number of aliphatic imine (C=N–C) groups is 1. The zero-order valence-electron chi connectivity index (χ0n) is 30.1. The SMILES string of the molecule is CC(C)OC(C)C.COc1cc(C)c(S(=O)(=O)NC(N)=NCCC[C@H](NC(=O)OCC2c3ccccc3-c3ccccc32)C(=O)O)c(C)c1C. The normalized spacial score (nSPS) is 13.2. The Morgan fingerprint density at radius 3 is 2.00 bits per heavy atom. The third kappa shape index (κ3) is 10.4. The number of nitrogens with one attached hydrogen (secondary N) is 2. The van der Waals surface area contributed by atoms with Crippen LogP contribution in [-0.2, 0) is 24.3 Å². The highest BCUT2D eigenvalue weighted by Crippen LogP contribution is 2.44. The number of methoxy groups -OCH3 is 1. The zero-order valence-corrected chi connectivity index (χ0v) is 30.9. The standard InChI is InChI=1S/C31H36N4O7S.C6H14O/c1-18-16-27(41-4)19(2)20(3)28(18)43(39,40)35-30(32)33-15-9-14-26(29(36)37)34-31(38)42-17-25-23-12-7-5-10-21(23)22-11-6-8-13-24(22)25;1-5(2)7-6(3)4/h5-8,10-13,16,25-26H,9,14-15,17H2,1-4H3,(H,34,38)(H,36,37)(H3,32,33,35);5-6H,1-4H3/t26-;/m0./s1. The summed E-state index contributed by atoms with van der Waals surface area (Å²) in [7, 11) is -2.52. The molecule has 0 unspecified atom stereocenters. The lowest BCUT2D eigenvalue weighted by Crippen LogP contribution is -2.41. The number of sulfonamides is 1. The number of alkyl carbamates (subject to hydrolysis) is 1. The van der Waals surface area contributed by atoms with Crippen LogP contribution in [0.5, 0.6) is 5.75 Å². The van der Waals surface area contributed by atoms with Gasteiger partial charge < -0.3 is 30.4 Å². The third-order valence-electron chi connectivity index (χ3n) is 8.12. The molecule has 0 saturated heterocycles. The molecule has 0 heterocycles. The Morgan fingerprint density at radius 1 is 0.940 bits per heavy atom. The molecule has 0 aliphatic heterocycles. The van der Waals surface area contributed by atoms with E-state index in [2.05, 4.69) is 15.0 Å². The maximum atomic E-state index is 13.0. The van der Waals surface area contributed by atoms with Gasteiger partial charge in [0.15, 0.2) is 0 Å². The number of ether oxygens (including phenoxy) is 3. The summed E-state index contributed by atoms with van der Waals surface area (Å²) in [4.78, 5) is 28.5. The molecular weight excluding hydrogens is 660 g/mol. The van der Waals surface area contributed by atoms with Gasteiger partial charge in [-0.2, -0.15) is 0 Å². The quantitative estimate of drug-likeness (QED) is 0.0969. The van der Waals surface area contributed by atoms with Crippen molar-refractivity contribution < 1.29 is 37.3 Å². The lowest BCUT2D eigenvalue weighted by Gasteiger charge is -2.17. The molecule has 12 nitrogen and oxygen atoms in total. The summed E-state index contributed by atoms with van der Waals surface area (Å²) < 4.78 is 44.3. The van der Waals surface area contributed by atoms with E-state index >= 15 is 0 Å². The van der Waals surface area contributed by atoms with Crippen LogP contribution in [0.3, 0.4) is 0 Å². The van der Waals surface area contributed by atoms with Crippen molar-refractivity contribution in [2.24, 2.45) is 10.7 Å². The predicted octanol–water partition coefficient (Wildman–Crippen LogP) is 5.81. The second kappa shape index (κ2) is 17.9. The van der Waals surface area contributed by atoms with Gasteiger partial charge in [0.2, 0.25) is 5.96 Å². The number of carboxylic acid groups (broad SMARTS) is 1. The molecule has 0 spiro atoms. The van der Waals surface area contributed by atoms with Crippen molar-refractivity contribution in [2.75, 3.05) is 20.3 Å². The Kier molecular flexibility index (Phi) is 14.2. The Hall–Kier alpha value is -4.62. The number of amides is 1. The number of nitrogens with two attached hydrogens (primary N) is 1. The number of nitrogens with zero attached hydrogens (tertiary/aromatic N) is 1. The molecule has 1 aliphatic carbocycles. The Labute approximate surface area is 295 Å². The second-order valence-corrected chi connectivity index (χ2v) is 14.2.